The molecule has 0 atom stereocenters. The zero-order chi connectivity index (χ0) is 37.6. The summed E-state index contributed by atoms with van der Waals surface area (Å²) in [5, 5.41) is 6.21. The van der Waals surface area contributed by atoms with E-state index in [4.69, 9.17) is 4.42 Å². The van der Waals surface area contributed by atoms with Gasteiger partial charge in [-0.2, -0.15) is 0 Å². The summed E-state index contributed by atoms with van der Waals surface area (Å²) in [4.78, 5) is 2.34. The van der Waals surface area contributed by atoms with Crippen molar-refractivity contribution in [3.8, 4) is 33.4 Å². The van der Waals surface area contributed by atoms with Crippen molar-refractivity contribution in [3.63, 3.8) is 0 Å². The highest BCUT2D eigenvalue weighted by Gasteiger charge is 2.16. The Morgan fingerprint density at radius 3 is 1.73 bits per heavy atom. The molecule has 2 aromatic heterocycles. The molecule has 0 aliphatic carbocycles. The van der Waals surface area contributed by atoms with Gasteiger partial charge in [0.15, 0.2) is 0 Å². The molecule has 0 N–H and O–H groups in total. The summed E-state index contributed by atoms with van der Waals surface area (Å²) in [6, 6.07) is 63.9. The lowest BCUT2D eigenvalue weighted by molar-refractivity contribution is 0.603. The number of hydrogen-bond acceptors (Lipinski definition) is 3. The summed E-state index contributed by atoms with van der Waals surface area (Å²) in [6.07, 6.45) is 5.91. The van der Waals surface area contributed by atoms with E-state index in [0.29, 0.717) is 0 Å². The average Bonchev–Trinajstić information content (AvgIpc) is 3.81. The van der Waals surface area contributed by atoms with Gasteiger partial charge in [0, 0.05) is 48.2 Å². The van der Waals surface area contributed by atoms with Gasteiger partial charge in [0.2, 0.25) is 0 Å². The number of nitrogens with zero attached hydrogens (tertiary/aromatic N) is 1. The SMILES string of the molecule is C=Cc1oc2ccc(-c3ccc(N(c4ccc(-c5ccc6sc7ccccc7c6c5)cc4)c4ccc(-c5cccc6ccccc56)cc4)cc3)cc2c1/C=C\C. The molecule has 0 bridgehead atoms. The maximum atomic E-state index is 6.09. The van der Waals surface area contributed by atoms with Crippen LogP contribution in [0.15, 0.2) is 193 Å². The van der Waals surface area contributed by atoms with E-state index in [1.54, 1.807) is 6.08 Å². The van der Waals surface area contributed by atoms with Crippen LogP contribution in [0.3, 0.4) is 0 Å². The number of rotatable bonds is 8. The van der Waals surface area contributed by atoms with Crippen LogP contribution in [0.5, 0.6) is 0 Å². The lowest BCUT2D eigenvalue weighted by Crippen LogP contribution is -2.09. The van der Waals surface area contributed by atoms with Crippen LogP contribution in [0.2, 0.25) is 0 Å². The molecule has 0 aliphatic heterocycles. The Kier molecular flexibility index (Phi) is 8.43. The summed E-state index contributed by atoms with van der Waals surface area (Å²) in [7, 11) is 0. The minimum Gasteiger partial charge on any atom is -0.456 e. The Labute approximate surface area is 330 Å². The minimum absolute atomic E-state index is 0.791. The summed E-state index contributed by atoms with van der Waals surface area (Å²) < 4.78 is 8.73. The molecule has 0 saturated heterocycles. The van der Waals surface area contributed by atoms with Crippen LogP contribution in [0, 0.1) is 0 Å². The number of fused-ring (bicyclic) bond motifs is 5. The van der Waals surface area contributed by atoms with Crippen molar-refractivity contribution in [1.82, 2.24) is 0 Å². The molecule has 0 spiro atoms. The molecule has 0 unspecified atom stereocenters. The Bertz CT molecular complexity index is 3080. The van der Waals surface area contributed by atoms with E-state index in [9.17, 15) is 0 Å². The first-order chi connectivity index (χ1) is 27.6. The third-order valence-corrected chi connectivity index (χ3v) is 11.9. The number of allylic oxidation sites excluding steroid dienone is 1. The summed E-state index contributed by atoms with van der Waals surface area (Å²) in [5.74, 6) is 0.791. The van der Waals surface area contributed by atoms with Crippen LogP contribution in [-0.4, -0.2) is 0 Å². The minimum atomic E-state index is 0.791. The van der Waals surface area contributed by atoms with Crippen LogP contribution < -0.4 is 4.90 Å². The molecule has 10 rings (SSSR count). The molecule has 0 aliphatic rings. The highest BCUT2D eigenvalue weighted by atomic mass is 32.1. The van der Waals surface area contributed by atoms with Gasteiger partial charge in [0.1, 0.15) is 11.3 Å². The van der Waals surface area contributed by atoms with E-state index in [-0.39, 0.29) is 0 Å². The quantitative estimate of drug-likeness (QED) is 0.154. The largest absolute Gasteiger partial charge is 0.456 e. The fourth-order valence-corrected chi connectivity index (χ4v) is 9.12. The van der Waals surface area contributed by atoms with E-state index in [1.165, 1.54) is 53.2 Å². The number of furan rings is 1. The van der Waals surface area contributed by atoms with Gasteiger partial charge in [-0.3, -0.25) is 0 Å². The zero-order valence-corrected chi connectivity index (χ0v) is 31.8. The molecular formula is C53H37NOS. The lowest BCUT2D eigenvalue weighted by atomic mass is 9.98. The number of thiophene rings is 1. The molecule has 266 valence electrons. The predicted molar refractivity (Wildman–Crippen MR) is 242 cm³/mol. The van der Waals surface area contributed by atoms with Gasteiger partial charge in [-0.05, 0) is 124 Å². The van der Waals surface area contributed by atoms with Gasteiger partial charge in [0.05, 0.1) is 0 Å². The summed E-state index contributed by atoms with van der Waals surface area (Å²) in [6.45, 7) is 5.99. The maximum absolute atomic E-state index is 6.09. The zero-order valence-electron chi connectivity index (χ0n) is 30.9. The molecule has 3 heteroatoms. The molecule has 0 radical (unpaired) electrons. The standard InChI is InChI=1S/C53H37NOS/c1-3-10-46-48-33-39(23-31-51(48)55-50(46)4-2)35-17-25-41(26-18-35)54(43-29-21-38(22-30-43)45-15-9-12-37-11-5-6-13-44(37)45)42-27-19-36(20-28-42)40-24-32-53-49(34-40)47-14-7-8-16-52(47)56-53/h3-34H,2H2,1H3/b10-3-. The second-order valence-electron chi connectivity index (χ2n) is 14.1. The van der Waals surface area contributed by atoms with Gasteiger partial charge in [0.25, 0.3) is 0 Å². The van der Waals surface area contributed by atoms with Crippen molar-refractivity contribution in [1.29, 1.82) is 0 Å². The van der Waals surface area contributed by atoms with E-state index in [1.807, 2.05) is 24.3 Å². The van der Waals surface area contributed by atoms with Gasteiger partial charge < -0.3 is 9.32 Å². The molecule has 2 nitrogen and oxygen atoms in total. The first kappa shape index (κ1) is 33.6. The number of benzene rings is 8. The number of hydrogen-bond donors (Lipinski definition) is 0. The van der Waals surface area contributed by atoms with Gasteiger partial charge >= 0.3 is 0 Å². The van der Waals surface area contributed by atoms with Crippen LogP contribution in [-0.2, 0) is 0 Å². The van der Waals surface area contributed by atoms with Crippen molar-refractivity contribution in [3.05, 3.63) is 200 Å². The van der Waals surface area contributed by atoms with Gasteiger partial charge in [-0.25, -0.2) is 0 Å². The first-order valence-corrected chi connectivity index (χ1v) is 19.8. The molecule has 0 saturated carbocycles. The second kappa shape index (κ2) is 14.0. The third-order valence-electron chi connectivity index (χ3n) is 10.8. The predicted octanol–water partition coefficient (Wildman–Crippen LogP) is 16.1. The monoisotopic (exact) mass is 735 g/mol. The Balaban J connectivity index is 1.04. The fourth-order valence-electron chi connectivity index (χ4n) is 8.03. The second-order valence-corrected chi connectivity index (χ2v) is 15.2. The highest BCUT2D eigenvalue weighted by Crippen LogP contribution is 2.41. The maximum Gasteiger partial charge on any atom is 0.135 e. The molecule has 2 heterocycles. The van der Waals surface area contributed by atoms with Crippen LogP contribution in [0.1, 0.15) is 18.2 Å². The fraction of sp³-hybridized carbons (Fsp3) is 0.0189. The lowest BCUT2D eigenvalue weighted by Gasteiger charge is -2.26. The van der Waals surface area contributed by atoms with E-state index < -0.39 is 0 Å². The third kappa shape index (κ3) is 5.90. The van der Waals surface area contributed by atoms with Crippen molar-refractivity contribution >= 4 is 82.5 Å². The highest BCUT2D eigenvalue weighted by molar-refractivity contribution is 7.25. The summed E-state index contributed by atoms with van der Waals surface area (Å²) in [5.41, 5.74) is 12.3. The molecule has 8 aromatic carbocycles. The van der Waals surface area contributed by atoms with Gasteiger partial charge in [-0.15, -0.1) is 11.3 Å². The van der Waals surface area contributed by atoms with Crippen molar-refractivity contribution in [2.45, 2.75) is 6.92 Å². The normalized spacial score (nSPS) is 11.7. The van der Waals surface area contributed by atoms with Crippen molar-refractivity contribution < 1.29 is 4.42 Å². The van der Waals surface area contributed by atoms with Crippen LogP contribution in [0.4, 0.5) is 17.1 Å². The van der Waals surface area contributed by atoms with E-state index >= 15 is 0 Å². The smallest absolute Gasteiger partial charge is 0.135 e. The summed E-state index contributed by atoms with van der Waals surface area (Å²) >= 11 is 1.85. The van der Waals surface area contributed by atoms with Crippen molar-refractivity contribution in [2.75, 3.05) is 4.90 Å². The average molecular weight is 736 g/mol. The van der Waals surface area contributed by atoms with Gasteiger partial charge in [-0.1, -0.05) is 128 Å². The Morgan fingerprint density at radius 1 is 0.500 bits per heavy atom. The molecule has 56 heavy (non-hydrogen) atoms. The molecule has 10 aromatic rings. The number of anilines is 3. The van der Waals surface area contributed by atoms with Crippen molar-refractivity contribution in [2.24, 2.45) is 0 Å². The molecular weight excluding hydrogens is 699 g/mol. The Hall–Kier alpha value is -6.94. The molecule has 0 amide bonds. The van der Waals surface area contributed by atoms with Crippen LogP contribution >= 0.6 is 11.3 Å². The topological polar surface area (TPSA) is 16.4 Å². The molecule has 0 fully saturated rings. The Morgan fingerprint density at radius 2 is 1.05 bits per heavy atom. The first-order valence-electron chi connectivity index (χ1n) is 19.0. The van der Waals surface area contributed by atoms with Crippen LogP contribution in [0.25, 0.3) is 87.4 Å². The van der Waals surface area contributed by atoms with E-state index in [0.717, 1.165) is 50.5 Å². The van der Waals surface area contributed by atoms with E-state index in [2.05, 4.69) is 193 Å².